The molecule has 0 aliphatic rings. The molecule has 0 spiro atoms. The third-order valence-corrected chi connectivity index (χ3v) is 5.45. The highest BCUT2D eigenvalue weighted by atomic mass is 32.2. The van der Waals surface area contributed by atoms with Gasteiger partial charge in [0, 0.05) is 12.1 Å². The Balaban J connectivity index is 2.24. The van der Waals surface area contributed by atoms with E-state index in [1.54, 1.807) is 30.3 Å². The highest BCUT2D eigenvalue weighted by molar-refractivity contribution is 7.89. The Morgan fingerprint density at radius 1 is 1.08 bits per heavy atom. The molecule has 2 rings (SSSR count). The van der Waals surface area contributed by atoms with Crippen LogP contribution in [0.4, 0.5) is 0 Å². The average molecular weight is 351 g/mol. The van der Waals surface area contributed by atoms with Crippen molar-refractivity contribution in [2.75, 3.05) is 13.1 Å². The molecule has 0 fully saturated rings. The molecule has 0 amide bonds. The zero-order valence-electron chi connectivity index (χ0n) is 14.3. The molecule has 3 nitrogen and oxygen atoms in total. The Kier molecular flexibility index (Phi) is 6.80. The van der Waals surface area contributed by atoms with Crippen LogP contribution in [0.3, 0.4) is 0 Å². The number of sulfonamides is 1. The van der Waals surface area contributed by atoms with Gasteiger partial charge in [0.05, 0.1) is 11.4 Å². The van der Waals surface area contributed by atoms with Crippen molar-refractivity contribution in [3.63, 3.8) is 0 Å². The first-order valence-corrected chi connectivity index (χ1v) is 9.43. The number of hydrogen-bond acceptors (Lipinski definition) is 2. The molecule has 0 aliphatic carbocycles. The van der Waals surface area contributed by atoms with Crippen molar-refractivity contribution in [3.8, 4) is 11.8 Å². The summed E-state index contributed by atoms with van der Waals surface area (Å²) in [5.74, 6) is 5.97. The van der Waals surface area contributed by atoms with E-state index in [0.29, 0.717) is 13.0 Å². The zero-order chi connectivity index (χ0) is 18.1. The number of benzene rings is 2. The molecule has 4 heteroatoms. The summed E-state index contributed by atoms with van der Waals surface area (Å²) in [7, 11) is -3.59. The third kappa shape index (κ3) is 5.48. The molecule has 0 aromatic heterocycles. The molecule has 0 N–H and O–H groups in total. The molecule has 0 heterocycles. The van der Waals surface area contributed by atoms with Gasteiger partial charge in [0.1, 0.15) is 0 Å². The standard InChI is InChI=1S/C21H21NO2S/c1-3-4-8-17-22(18-9-12-20-10-6-5-7-11-20)25(23,24)21-15-13-19(2)14-16-21/h4-7,10-11,13-16H,1,8,17-18H2,2H3. The van der Waals surface area contributed by atoms with Crippen LogP contribution in [-0.4, -0.2) is 25.8 Å². The highest BCUT2D eigenvalue weighted by Crippen LogP contribution is 2.16. The van der Waals surface area contributed by atoms with E-state index >= 15 is 0 Å². The highest BCUT2D eigenvalue weighted by Gasteiger charge is 2.22. The minimum absolute atomic E-state index is 0.135. The van der Waals surface area contributed by atoms with E-state index in [4.69, 9.17) is 0 Å². The fraction of sp³-hybridized carbons (Fsp3) is 0.190. The van der Waals surface area contributed by atoms with Gasteiger partial charge in [-0.25, -0.2) is 8.42 Å². The van der Waals surface area contributed by atoms with E-state index < -0.39 is 10.0 Å². The Labute approximate surface area is 150 Å². The van der Waals surface area contributed by atoms with E-state index in [0.717, 1.165) is 11.1 Å². The van der Waals surface area contributed by atoms with Crippen molar-refractivity contribution in [2.45, 2.75) is 18.2 Å². The van der Waals surface area contributed by atoms with Crippen LogP contribution in [-0.2, 0) is 10.0 Å². The van der Waals surface area contributed by atoms with Crippen LogP contribution < -0.4 is 0 Å². The quantitative estimate of drug-likeness (QED) is 0.587. The van der Waals surface area contributed by atoms with Gasteiger partial charge in [-0.05, 0) is 43.7 Å². The fourth-order valence-electron chi connectivity index (χ4n) is 2.21. The molecule has 2 aromatic rings. The van der Waals surface area contributed by atoms with Gasteiger partial charge in [-0.2, -0.15) is 4.31 Å². The second kappa shape index (κ2) is 9.05. The summed E-state index contributed by atoms with van der Waals surface area (Å²) in [5, 5.41) is 0. The summed E-state index contributed by atoms with van der Waals surface area (Å²) >= 11 is 0. The molecule has 128 valence electrons. The van der Waals surface area contributed by atoms with Gasteiger partial charge in [0.15, 0.2) is 0 Å². The summed E-state index contributed by atoms with van der Waals surface area (Å²) in [6, 6.07) is 16.4. The van der Waals surface area contributed by atoms with E-state index in [1.807, 2.05) is 37.3 Å². The van der Waals surface area contributed by atoms with Gasteiger partial charge < -0.3 is 0 Å². The van der Waals surface area contributed by atoms with Gasteiger partial charge in [0.2, 0.25) is 10.0 Å². The molecule has 0 saturated heterocycles. The van der Waals surface area contributed by atoms with Crippen LogP contribution in [0.25, 0.3) is 0 Å². The predicted octanol–water partition coefficient (Wildman–Crippen LogP) is 3.77. The molecule has 0 atom stereocenters. The fourth-order valence-corrected chi connectivity index (χ4v) is 3.56. The zero-order valence-corrected chi connectivity index (χ0v) is 15.1. The molecular formula is C21H21NO2S. The number of aryl methyl sites for hydroxylation is 1. The number of nitrogens with zero attached hydrogens (tertiary/aromatic N) is 1. The van der Waals surface area contributed by atoms with Gasteiger partial charge in [0.25, 0.3) is 0 Å². The van der Waals surface area contributed by atoms with Gasteiger partial charge >= 0.3 is 0 Å². The van der Waals surface area contributed by atoms with Gasteiger partial charge in [-0.1, -0.05) is 54.3 Å². The first kappa shape index (κ1) is 18.8. The minimum atomic E-state index is -3.59. The van der Waals surface area contributed by atoms with Crippen LogP contribution in [0.15, 0.2) is 77.9 Å². The summed E-state index contributed by atoms with van der Waals surface area (Å²) in [6.07, 6.45) is 2.27. The molecule has 0 bridgehead atoms. The van der Waals surface area contributed by atoms with Crippen LogP contribution in [0, 0.1) is 18.8 Å². The summed E-state index contributed by atoms with van der Waals surface area (Å²) in [6.45, 7) is 5.91. The van der Waals surface area contributed by atoms with Crippen molar-refractivity contribution >= 4 is 10.0 Å². The smallest absolute Gasteiger partial charge is 0.207 e. The SMILES string of the molecule is C=C=CCCN(CC#Cc1ccccc1)S(=O)(=O)c1ccc(C)cc1. The van der Waals surface area contributed by atoms with Crippen LogP contribution in [0.1, 0.15) is 17.5 Å². The van der Waals surface area contributed by atoms with Crippen LogP contribution in [0.2, 0.25) is 0 Å². The largest absolute Gasteiger partial charge is 0.243 e. The number of rotatable bonds is 6. The lowest BCUT2D eigenvalue weighted by molar-refractivity contribution is 0.452. The molecule has 25 heavy (non-hydrogen) atoms. The third-order valence-electron chi connectivity index (χ3n) is 3.59. The Morgan fingerprint density at radius 3 is 2.40 bits per heavy atom. The van der Waals surface area contributed by atoms with Crippen LogP contribution in [0.5, 0.6) is 0 Å². The summed E-state index contributed by atoms with van der Waals surface area (Å²) < 4.78 is 27.2. The second-order valence-electron chi connectivity index (χ2n) is 5.52. The summed E-state index contributed by atoms with van der Waals surface area (Å²) in [4.78, 5) is 0.280. The lowest BCUT2D eigenvalue weighted by Gasteiger charge is -2.19. The van der Waals surface area contributed by atoms with Gasteiger partial charge in [-0.3, -0.25) is 0 Å². The number of hydrogen-bond donors (Lipinski definition) is 0. The topological polar surface area (TPSA) is 37.4 Å². The lowest BCUT2D eigenvalue weighted by Crippen LogP contribution is -2.32. The molecular weight excluding hydrogens is 330 g/mol. The van der Waals surface area contributed by atoms with Crippen LogP contribution >= 0.6 is 0 Å². The van der Waals surface area contributed by atoms with Crippen molar-refractivity contribution in [1.82, 2.24) is 4.31 Å². The molecule has 2 aromatic carbocycles. The summed E-state index contributed by atoms with van der Waals surface area (Å²) in [5.41, 5.74) is 4.55. The second-order valence-corrected chi connectivity index (χ2v) is 7.45. The monoisotopic (exact) mass is 351 g/mol. The van der Waals surface area contributed by atoms with E-state index in [-0.39, 0.29) is 11.4 Å². The normalized spacial score (nSPS) is 10.6. The van der Waals surface area contributed by atoms with Gasteiger partial charge in [-0.15, -0.1) is 5.73 Å². The molecule has 0 radical (unpaired) electrons. The maximum atomic E-state index is 12.9. The average Bonchev–Trinajstić information content (AvgIpc) is 2.62. The predicted molar refractivity (Wildman–Crippen MR) is 102 cm³/mol. The van der Waals surface area contributed by atoms with E-state index in [9.17, 15) is 8.42 Å². The maximum absolute atomic E-state index is 12.9. The molecule has 0 aliphatic heterocycles. The first-order valence-electron chi connectivity index (χ1n) is 7.99. The van der Waals surface area contributed by atoms with Crippen molar-refractivity contribution < 1.29 is 8.42 Å². The van der Waals surface area contributed by atoms with Crippen molar-refractivity contribution in [3.05, 3.63) is 84.1 Å². The Hall–Kier alpha value is -2.57. The van der Waals surface area contributed by atoms with Crippen molar-refractivity contribution in [2.24, 2.45) is 0 Å². The first-order chi connectivity index (χ1) is 12.0. The minimum Gasteiger partial charge on any atom is -0.207 e. The molecule has 0 unspecified atom stereocenters. The lowest BCUT2D eigenvalue weighted by atomic mass is 10.2. The van der Waals surface area contributed by atoms with Crippen molar-refractivity contribution in [1.29, 1.82) is 0 Å². The molecule has 0 saturated carbocycles. The Morgan fingerprint density at radius 2 is 1.76 bits per heavy atom. The Bertz CT molecular complexity index is 898. The maximum Gasteiger partial charge on any atom is 0.243 e. The van der Waals surface area contributed by atoms with E-state index in [2.05, 4.69) is 24.2 Å². The van der Waals surface area contributed by atoms with E-state index in [1.165, 1.54) is 4.31 Å².